The summed E-state index contributed by atoms with van der Waals surface area (Å²) in [6.07, 6.45) is 7.61. The van der Waals surface area contributed by atoms with Crippen LogP contribution in [0.25, 0.3) is 30.7 Å². The van der Waals surface area contributed by atoms with Gasteiger partial charge in [-0.15, -0.1) is 0 Å². The van der Waals surface area contributed by atoms with Gasteiger partial charge < -0.3 is 0 Å². The van der Waals surface area contributed by atoms with Gasteiger partial charge >= 0.3 is 7.91 Å². The minimum Gasteiger partial charge on any atom is -0.297 e. The van der Waals surface area contributed by atoms with E-state index in [2.05, 4.69) is 41.2 Å². The molecule has 0 aliphatic rings. The van der Waals surface area contributed by atoms with Gasteiger partial charge in [-0.2, -0.15) is 15.0 Å². The fourth-order valence-electron chi connectivity index (χ4n) is 3.99. The van der Waals surface area contributed by atoms with Crippen molar-refractivity contribution in [3.63, 3.8) is 0 Å². The van der Waals surface area contributed by atoms with E-state index in [0.29, 0.717) is 0 Å². The lowest BCUT2D eigenvalue weighted by Gasteiger charge is -2.03. The molecule has 0 aliphatic carbocycles. The number of para-hydroxylation sites is 2. The summed E-state index contributed by atoms with van der Waals surface area (Å²) in [7, 11) is -1.05. The Morgan fingerprint density at radius 3 is 1.80 bits per heavy atom. The largest absolute Gasteiger partial charge is 0.364 e. The van der Waals surface area contributed by atoms with E-state index in [4.69, 9.17) is 39.4 Å². The second-order valence-electron chi connectivity index (χ2n) is 8.23. The van der Waals surface area contributed by atoms with E-state index in [1.54, 1.807) is 11.8 Å². The molecule has 0 radical (unpaired) electrons. The molecule has 5 aromatic rings. The molecule has 2 unspecified atom stereocenters. The van der Waals surface area contributed by atoms with Crippen molar-refractivity contribution in [3.8, 4) is 10.3 Å². The van der Waals surface area contributed by atoms with Crippen LogP contribution in [0.15, 0.2) is 53.7 Å². The van der Waals surface area contributed by atoms with Crippen LogP contribution < -0.4 is 0 Å². The summed E-state index contributed by atoms with van der Waals surface area (Å²) in [6.45, 7) is 2.25. The maximum atomic E-state index is 5.75. The van der Waals surface area contributed by atoms with Crippen LogP contribution in [0.4, 0.5) is 0 Å². The molecule has 10 heteroatoms. The molecule has 5 rings (SSSR count). The number of thioether (sulfide) groups is 1. The van der Waals surface area contributed by atoms with Crippen molar-refractivity contribution in [2.75, 3.05) is 5.75 Å². The molecule has 0 amide bonds. The Hall–Kier alpha value is -1.98. The van der Waals surface area contributed by atoms with Crippen LogP contribution in [-0.4, -0.2) is 30.7 Å². The van der Waals surface area contributed by atoms with Crippen molar-refractivity contribution in [3.05, 3.63) is 56.4 Å². The second kappa shape index (κ2) is 11.4. The van der Waals surface area contributed by atoms with Gasteiger partial charge in [-0.3, -0.25) is 9.97 Å². The van der Waals surface area contributed by atoms with Gasteiger partial charge in [0, 0.05) is 26.7 Å². The second-order valence-corrected chi connectivity index (χ2v) is 14.3. The number of hydrogen-bond acceptors (Lipinski definition) is 6. The van der Waals surface area contributed by atoms with Crippen molar-refractivity contribution in [2.24, 2.45) is 0 Å². The van der Waals surface area contributed by atoms with Gasteiger partial charge in [0.2, 0.25) is 0 Å². The van der Waals surface area contributed by atoms with Gasteiger partial charge in [0.25, 0.3) is 34.7 Å². The Morgan fingerprint density at radius 1 is 0.714 bits per heavy atom. The van der Waals surface area contributed by atoms with Crippen LogP contribution in [0.1, 0.15) is 45.4 Å². The highest BCUT2D eigenvalue weighted by Crippen LogP contribution is 2.42. The summed E-state index contributed by atoms with van der Waals surface area (Å²) in [4.78, 5) is 21.6. The highest BCUT2D eigenvalue weighted by atomic mass is 32.2. The number of aromatic amines is 2. The zero-order valence-electron chi connectivity index (χ0n) is 19.5. The number of fused-ring (bicyclic) bond motifs is 2. The molecule has 3 heterocycles. The van der Waals surface area contributed by atoms with Crippen molar-refractivity contribution < 1.29 is 0 Å². The lowest BCUT2D eigenvalue weighted by atomic mass is 10.1. The lowest BCUT2D eigenvalue weighted by Crippen LogP contribution is -1.96. The van der Waals surface area contributed by atoms with E-state index in [1.807, 2.05) is 24.3 Å². The molecule has 0 spiro atoms. The molecule has 2 N–H and O–H groups in total. The highest BCUT2D eigenvalue weighted by Gasteiger charge is 2.26. The minimum absolute atomic E-state index is 0.527. The van der Waals surface area contributed by atoms with E-state index in [-0.39, 0.29) is 0 Å². The number of nitrogens with zero attached hydrogens (tertiary/aromatic N) is 3. The van der Waals surface area contributed by atoms with E-state index < -0.39 is 20.9 Å². The molecule has 0 aliphatic heterocycles. The zero-order valence-corrected chi connectivity index (χ0v) is 23.5. The number of hydrogen-bond donors (Lipinski definition) is 2. The fourth-order valence-corrected chi connectivity index (χ4v) is 9.57. The fraction of sp³-hybridized carbons (Fsp3) is 0.320. The first-order valence-electron chi connectivity index (χ1n) is 11.8. The summed E-state index contributed by atoms with van der Waals surface area (Å²) in [5.41, 5.74) is 2.07. The normalized spacial score (nSPS) is 12.6. The molecule has 0 saturated heterocycles. The maximum Gasteiger partial charge on any atom is 0.364 e. The predicted octanol–water partition coefficient (Wildman–Crippen LogP) is 9.22. The molecule has 5 nitrogen and oxygen atoms in total. The molecule has 2 atom stereocenters. The monoisotopic (exact) mass is 557 g/mol. The summed E-state index contributed by atoms with van der Waals surface area (Å²) < 4.78 is 3.78. The van der Waals surface area contributed by atoms with Gasteiger partial charge in [0.15, 0.2) is 5.16 Å². The Balaban J connectivity index is 1.55. The third-order valence-corrected chi connectivity index (χ3v) is 11.5. The molecule has 3 aromatic heterocycles. The van der Waals surface area contributed by atoms with E-state index in [1.165, 1.54) is 32.1 Å². The van der Waals surface area contributed by atoms with Crippen molar-refractivity contribution in [2.45, 2.75) is 50.6 Å². The Labute approximate surface area is 224 Å². The SMILES string of the molecule is CCCCCCCCSc1nc(-[s+]2c(=S)[nH]c3ccccc32)nc(-[s+]2c(=S)[nH]c3ccccc32)n1. The number of benzene rings is 2. The molecular formula is C25H27N5S5+2. The molecular weight excluding hydrogens is 531 g/mol. The smallest absolute Gasteiger partial charge is 0.297 e. The average Bonchev–Trinajstić information content (AvgIpc) is 3.38. The van der Waals surface area contributed by atoms with Crippen molar-refractivity contribution in [1.82, 2.24) is 24.9 Å². The van der Waals surface area contributed by atoms with Gasteiger partial charge in [0.05, 0.1) is 11.0 Å². The number of unbranched alkanes of at least 4 members (excludes halogenated alkanes) is 5. The van der Waals surface area contributed by atoms with E-state index in [0.717, 1.165) is 56.0 Å². The molecule has 0 bridgehead atoms. The lowest BCUT2D eigenvalue weighted by molar-refractivity contribution is 0.627. The highest BCUT2D eigenvalue weighted by molar-refractivity contribution is 7.99. The number of nitrogens with one attached hydrogen (secondary N) is 2. The van der Waals surface area contributed by atoms with Crippen LogP contribution >= 0.6 is 57.1 Å². The van der Waals surface area contributed by atoms with Crippen LogP contribution in [-0.2, 0) is 0 Å². The summed E-state index contributed by atoms with van der Waals surface area (Å²) in [6, 6.07) is 16.4. The molecule has 0 saturated carbocycles. The van der Waals surface area contributed by atoms with Crippen LogP contribution in [0.3, 0.4) is 0 Å². The number of rotatable bonds is 10. The first-order valence-corrected chi connectivity index (χ1v) is 16.1. The quantitative estimate of drug-likeness (QED) is 0.0772. The summed E-state index contributed by atoms with van der Waals surface area (Å²) in [5, 5.41) is 2.21. The molecule has 35 heavy (non-hydrogen) atoms. The molecule has 2 aromatic carbocycles. The predicted molar refractivity (Wildman–Crippen MR) is 157 cm³/mol. The Bertz CT molecular complexity index is 1470. The molecule has 0 fully saturated rings. The first kappa shape index (κ1) is 24.7. The van der Waals surface area contributed by atoms with E-state index in [9.17, 15) is 0 Å². The maximum absolute atomic E-state index is 5.75. The van der Waals surface area contributed by atoms with Gasteiger partial charge in [-0.05, 0) is 30.7 Å². The van der Waals surface area contributed by atoms with Crippen LogP contribution in [0.5, 0.6) is 0 Å². The topological polar surface area (TPSA) is 70.2 Å². The van der Waals surface area contributed by atoms with Crippen molar-refractivity contribution in [1.29, 1.82) is 0 Å². The zero-order chi connectivity index (χ0) is 24.2. The minimum atomic E-state index is -0.527. The number of thiazole rings is 2. The van der Waals surface area contributed by atoms with Crippen LogP contribution in [0, 0.1) is 7.91 Å². The standard InChI is InChI=1S/C25H25N5S5/c1-2-3-4-5-6-11-16-33-21-28-22(34-19-14-9-7-12-17(19)26-24(34)31)30-23(29-21)35-20-15-10-8-13-18(20)27-25(35)32/h7-10,12-15H,2-6,11,16H2,1H3/p+2. The number of H-pyrrole nitrogens is 2. The Morgan fingerprint density at radius 2 is 1.23 bits per heavy atom. The number of aromatic nitrogens is 5. The molecule has 180 valence electrons. The average molecular weight is 558 g/mol. The third-order valence-electron chi connectivity index (χ3n) is 5.73. The Kier molecular flexibility index (Phi) is 8.04. The summed E-state index contributed by atoms with van der Waals surface area (Å²) >= 11 is 13.2. The van der Waals surface area contributed by atoms with Gasteiger partial charge in [0.1, 0.15) is 9.40 Å². The van der Waals surface area contributed by atoms with Crippen LogP contribution in [0.2, 0.25) is 0 Å². The van der Waals surface area contributed by atoms with Gasteiger partial charge in [-0.25, -0.2) is 0 Å². The van der Waals surface area contributed by atoms with Crippen molar-refractivity contribution >= 4 is 77.6 Å². The van der Waals surface area contributed by atoms with E-state index >= 15 is 0 Å². The first-order chi connectivity index (χ1) is 17.2. The summed E-state index contributed by atoms with van der Waals surface area (Å²) in [5.74, 6) is 0.995. The third kappa shape index (κ3) is 5.41. The van der Waals surface area contributed by atoms with Gasteiger partial charge in [-0.1, -0.05) is 75.1 Å².